The Balaban J connectivity index is 2.32. The molecule has 0 fully saturated rings. The highest BCUT2D eigenvalue weighted by Crippen LogP contribution is 2.21. The van der Waals surface area contributed by atoms with Crippen LogP contribution in [0.5, 0.6) is 0 Å². The molecule has 17 heavy (non-hydrogen) atoms. The van der Waals surface area contributed by atoms with Crippen molar-refractivity contribution in [2.75, 3.05) is 7.05 Å². The molecule has 0 unspecified atom stereocenters. The summed E-state index contributed by atoms with van der Waals surface area (Å²) >= 11 is 5.87. The van der Waals surface area contributed by atoms with Crippen LogP contribution in [-0.4, -0.2) is 17.9 Å². The number of pyridine rings is 1. The number of hydrogen-bond acceptors (Lipinski definition) is 2. The quantitative estimate of drug-likeness (QED) is 0.885. The van der Waals surface area contributed by atoms with Crippen LogP contribution in [0.2, 0.25) is 5.02 Å². The molecule has 2 aromatic rings. The second-order valence-corrected chi connectivity index (χ2v) is 3.98. The number of carbonyl (C=O) groups excluding carboxylic acids is 1. The van der Waals surface area contributed by atoms with Crippen LogP contribution in [0.15, 0.2) is 42.7 Å². The zero-order valence-electron chi connectivity index (χ0n) is 9.27. The third-order valence-electron chi connectivity index (χ3n) is 2.41. The summed E-state index contributed by atoms with van der Waals surface area (Å²) in [6.45, 7) is 0. The van der Waals surface area contributed by atoms with Crippen molar-refractivity contribution in [1.82, 2.24) is 10.3 Å². The SMILES string of the molecule is CNC(=O)c1ccc(-c2cncc(Cl)c2)cc1. The van der Waals surface area contributed by atoms with Crippen LogP contribution < -0.4 is 5.32 Å². The van der Waals surface area contributed by atoms with Gasteiger partial charge in [-0.15, -0.1) is 0 Å². The molecule has 3 nitrogen and oxygen atoms in total. The van der Waals surface area contributed by atoms with Gasteiger partial charge in [0.15, 0.2) is 0 Å². The van der Waals surface area contributed by atoms with Gasteiger partial charge in [0.2, 0.25) is 0 Å². The van der Waals surface area contributed by atoms with E-state index in [1.807, 2.05) is 18.2 Å². The standard InChI is InChI=1S/C13H11ClN2O/c1-15-13(17)10-4-2-9(3-5-10)11-6-12(14)8-16-7-11/h2-8H,1H3,(H,15,17). The summed E-state index contributed by atoms with van der Waals surface area (Å²) < 4.78 is 0. The fourth-order valence-corrected chi connectivity index (χ4v) is 1.70. The van der Waals surface area contributed by atoms with Gasteiger partial charge < -0.3 is 5.32 Å². The Hall–Kier alpha value is -1.87. The van der Waals surface area contributed by atoms with E-state index in [9.17, 15) is 4.79 Å². The Labute approximate surface area is 104 Å². The first-order valence-electron chi connectivity index (χ1n) is 5.14. The molecule has 0 aliphatic rings. The summed E-state index contributed by atoms with van der Waals surface area (Å²) in [5.74, 6) is -0.0965. The fraction of sp³-hybridized carbons (Fsp3) is 0.0769. The van der Waals surface area contributed by atoms with E-state index >= 15 is 0 Å². The summed E-state index contributed by atoms with van der Waals surface area (Å²) in [6, 6.07) is 9.13. The Morgan fingerprint density at radius 2 is 1.88 bits per heavy atom. The lowest BCUT2D eigenvalue weighted by molar-refractivity contribution is 0.0963. The van der Waals surface area contributed by atoms with E-state index in [1.165, 1.54) is 0 Å². The van der Waals surface area contributed by atoms with Crippen molar-refractivity contribution in [3.63, 3.8) is 0 Å². The van der Waals surface area contributed by atoms with Crippen molar-refractivity contribution >= 4 is 17.5 Å². The maximum Gasteiger partial charge on any atom is 0.251 e. The van der Waals surface area contributed by atoms with Crippen LogP contribution in [-0.2, 0) is 0 Å². The maximum absolute atomic E-state index is 11.4. The van der Waals surface area contributed by atoms with Gasteiger partial charge in [-0.1, -0.05) is 23.7 Å². The molecule has 0 aliphatic heterocycles. The number of rotatable bonds is 2. The molecule has 0 bridgehead atoms. The van der Waals surface area contributed by atoms with E-state index in [0.717, 1.165) is 11.1 Å². The van der Waals surface area contributed by atoms with Crippen molar-refractivity contribution in [2.45, 2.75) is 0 Å². The van der Waals surface area contributed by atoms with Crippen molar-refractivity contribution in [2.24, 2.45) is 0 Å². The number of aromatic nitrogens is 1. The summed E-state index contributed by atoms with van der Waals surface area (Å²) in [7, 11) is 1.61. The van der Waals surface area contributed by atoms with E-state index in [0.29, 0.717) is 10.6 Å². The number of nitrogens with zero attached hydrogens (tertiary/aromatic N) is 1. The summed E-state index contributed by atoms with van der Waals surface area (Å²) in [5.41, 5.74) is 2.54. The normalized spacial score (nSPS) is 10.0. The first-order chi connectivity index (χ1) is 8.20. The lowest BCUT2D eigenvalue weighted by Crippen LogP contribution is -2.17. The van der Waals surface area contributed by atoms with E-state index in [2.05, 4.69) is 10.3 Å². The van der Waals surface area contributed by atoms with Gasteiger partial charge in [-0.25, -0.2) is 0 Å². The van der Waals surface area contributed by atoms with Crippen LogP contribution in [0.4, 0.5) is 0 Å². The Bertz CT molecular complexity index is 537. The molecule has 0 atom stereocenters. The van der Waals surface area contributed by atoms with Gasteiger partial charge in [-0.05, 0) is 23.8 Å². The molecule has 1 aromatic heterocycles. The molecule has 1 heterocycles. The molecular formula is C13H11ClN2O. The lowest BCUT2D eigenvalue weighted by Gasteiger charge is -2.03. The minimum atomic E-state index is -0.0965. The number of carbonyl (C=O) groups is 1. The number of benzene rings is 1. The van der Waals surface area contributed by atoms with E-state index < -0.39 is 0 Å². The van der Waals surface area contributed by atoms with Crippen LogP contribution in [0.25, 0.3) is 11.1 Å². The number of nitrogens with one attached hydrogen (secondary N) is 1. The highest BCUT2D eigenvalue weighted by Gasteiger charge is 2.03. The smallest absolute Gasteiger partial charge is 0.251 e. The molecule has 0 aliphatic carbocycles. The monoisotopic (exact) mass is 246 g/mol. The fourth-order valence-electron chi connectivity index (χ4n) is 1.53. The molecule has 0 radical (unpaired) electrons. The summed E-state index contributed by atoms with van der Waals surface area (Å²) in [5, 5.41) is 3.17. The Kier molecular flexibility index (Phi) is 3.40. The van der Waals surface area contributed by atoms with Crippen molar-refractivity contribution < 1.29 is 4.79 Å². The van der Waals surface area contributed by atoms with E-state index in [1.54, 1.807) is 31.6 Å². The van der Waals surface area contributed by atoms with Gasteiger partial charge in [0.25, 0.3) is 5.91 Å². The van der Waals surface area contributed by atoms with Crippen LogP contribution >= 0.6 is 11.6 Å². The lowest BCUT2D eigenvalue weighted by atomic mass is 10.1. The van der Waals surface area contributed by atoms with Gasteiger partial charge in [0, 0.05) is 30.6 Å². The molecule has 0 saturated carbocycles. The zero-order chi connectivity index (χ0) is 12.3. The van der Waals surface area contributed by atoms with E-state index in [-0.39, 0.29) is 5.91 Å². The maximum atomic E-state index is 11.4. The first kappa shape index (κ1) is 11.6. The van der Waals surface area contributed by atoms with E-state index in [4.69, 9.17) is 11.6 Å². The molecule has 1 amide bonds. The molecule has 1 aromatic carbocycles. The average molecular weight is 247 g/mol. The minimum absolute atomic E-state index is 0.0965. The number of amides is 1. The summed E-state index contributed by atoms with van der Waals surface area (Å²) in [4.78, 5) is 15.4. The third kappa shape index (κ3) is 2.63. The van der Waals surface area contributed by atoms with Crippen LogP contribution in [0.3, 0.4) is 0 Å². The number of halogens is 1. The minimum Gasteiger partial charge on any atom is -0.355 e. The Morgan fingerprint density at radius 1 is 1.18 bits per heavy atom. The summed E-state index contributed by atoms with van der Waals surface area (Å²) in [6.07, 6.45) is 3.32. The molecule has 0 spiro atoms. The first-order valence-corrected chi connectivity index (χ1v) is 5.51. The highest BCUT2D eigenvalue weighted by molar-refractivity contribution is 6.30. The molecule has 1 N–H and O–H groups in total. The second-order valence-electron chi connectivity index (χ2n) is 3.55. The van der Waals surface area contributed by atoms with Gasteiger partial charge in [-0.2, -0.15) is 0 Å². The largest absolute Gasteiger partial charge is 0.355 e. The Morgan fingerprint density at radius 3 is 2.47 bits per heavy atom. The number of hydrogen-bond donors (Lipinski definition) is 1. The van der Waals surface area contributed by atoms with Crippen LogP contribution in [0, 0.1) is 0 Å². The average Bonchev–Trinajstić information content (AvgIpc) is 2.38. The molecule has 0 saturated heterocycles. The molecule has 4 heteroatoms. The predicted octanol–water partition coefficient (Wildman–Crippen LogP) is 2.76. The van der Waals surface area contributed by atoms with Crippen molar-refractivity contribution in [1.29, 1.82) is 0 Å². The topological polar surface area (TPSA) is 42.0 Å². The van der Waals surface area contributed by atoms with Gasteiger partial charge >= 0.3 is 0 Å². The van der Waals surface area contributed by atoms with Gasteiger partial charge in [-0.3, -0.25) is 9.78 Å². The molecular weight excluding hydrogens is 236 g/mol. The third-order valence-corrected chi connectivity index (χ3v) is 2.62. The van der Waals surface area contributed by atoms with Crippen molar-refractivity contribution in [3.05, 3.63) is 53.3 Å². The predicted molar refractivity (Wildman–Crippen MR) is 68.1 cm³/mol. The zero-order valence-corrected chi connectivity index (χ0v) is 10.0. The molecule has 2 rings (SSSR count). The second kappa shape index (κ2) is 4.97. The van der Waals surface area contributed by atoms with Crippen LogP contribution in [0.1, 0.15) is 10.4 Å². The van der Waals surface area contributed by atoms with Crippen molar-refractivity contribution in [3.8, 4) is 11.1 Å². The molecule has 86 valence electrons. The van der Waals surface area contributed by atoms with Gasteiger partial charge in [0.1, 0.15) is 0 Å². The highest BCUT2D eigenvalue weighted by atomic mass is 35.5. The van der Waals surface area contributed by atoms with Gasteiger partial charge in [0.05, 0.1) is 5.02 Å².